The summed E-state index contributed by atoms with van der Waals surface area (Å²) >= 11 is 0. The molecule has 0 bridgehead atoms. The number of carbonyl (C=O) groups is 1. The zero-order valence-electron chi connectivity index (χ0n) is 13.7. The van der Waals surface area contributed by atoms with Crippen LogP contribution in [0.3, 0.4) is 0 Å². The number of carboxylic acid groups (broad SMARTS) is 1. The van der Waals surface area contributed by atoms with Crippen LogP contribution >= 0.6 is 0 Å². The van der Waals surface area contributed by atoms with E-state index in [1.807, 2.05) is 6.07 Å². The number of hydrogen-bond donors (Lipinski definition) is 3. The number of rotatable bonds is 3. The number of anilines is 1. The van der Waals surface area contributed by atoms with Gasteiger partial charge >= 0.3 is 5.97 Å². The fraction of sp³-hybridized carbons (Fsp3) is 0. The Morgan fingerprint density at radius 3 is 2.30 bits per heavy atom. The molecular weight excluding hydrogens is 346 g/mol. The van der Waals surface area contributed by atoms with Crippen LogP contribution < -0.4 is 11.3 Å². The van der Waals surface area contributed by atoms with Gasteiger partial charge in [-0.25, -0.2) is 4.79 Å². The van der Waals surface area contributed by atoms with Crippen LogP contribution in [0.25, 0.3) is 22.4 Å². The Labute approximate surface area is 152 Å². The van der Waals surface area contributed by atoms with Crippen molar-refractivity contribution in [1.82, 2.24) is 9.97 Å². The van der Waals surface area contributed by atoms with Crippen molar-refractivity contribution in [2.45, 2.75) is 0 Å². The van der Waals surface area contributed by atoms with Crippen molar-refractivity contribution < 1.29 is 9.90 Å². The van der Waals surface area contributed by atoms with Gasteiger partial charge in [0.1, 0.15) is 29.1 Å². The van der Waals surface area contributed by atoms with Gasteiger partial charge in [0.25, 0.3) is 5.56 Å². The molecule has 27 heavy (non-hydrogen) atoms. The number of pyridine rings is 2. The highest BCUT2D eigenvalue weighted by atomic mass is 16.4. The molecule has 0 fully saturated rings. The number of nitrogens with one attached hydrogen (secondary N) is 1. The standard InChI is InChI=1S/C19H11N5O3/c20-8-13-16(14(9-21)18(25)24-17(13)22)11-3-1-10(2-4-11)15-7-12(19(26)27)5-6-23-15/h1-7H,(H,26,27)(H3,22,24,25). The molecule has 0 saturated carbocycles. The van der Waals surface area contributed by atoms with Crippen LogP contribution in [0.1, 0.15) is 21.5 Å². The van der Waals surface area contributed by atoms with Gasteiger partial charge in [0, 0.05) is 17.3 Å². The second-order valence-corrected chi connectivity index (χ2v) is 5.53. The van der Waals surface area contributed by atoms with Crippen LogP contribution in [-0.2, 0) is 0 Å². The molecule has 0 aliphatic heterocycles. The fourth-order valence-electron chi connectivity index (χ4n) is 2.66. The average Bonchev–Trinajstić information content (AvgIpc) is 2.67. The minimum Gasteiger partial charge on any atom is -0.478 e. The lowest BCUT2D eigenvalue weighted by molar-refractivity contribution is 0.0697. The van der Waals surface area contributed by atoms with Crippen LogP contribution in [-0.4, -0.2) is 21.0 Å². The smallest absolute Gasteiger partial charge is 0.335 e. The zero-order valence-corrected chi connectivity index (χ0v) is 13.7. The minimum atomic E-state index is -1.06. The summed E-state index contributed by atoms with van der Waals surface area (Å²) in [6, 6.07) is 13.1. The molecule has 1 aromatic carbocycles. The van der Waals surface area contributed by atoms with E-state index < -0.39 is 11.5 Å². The van der Waals surface area contributed by atoms with Gasteiger partial charge in [0.15, 0.2) is 0 Å². The number of H-pyrrole nitrogens is 1. The van der Waals surface area contributed by atoms with Crippen LogP contribution in [0.15, 0.2) is 47.4 Å². The van der Waals surface area contributed by atoms with Crippen molar-refractivity contribution in [2.75, 3.05) is 5.73 Å². The second kappa shape index (κ2) is 6.82. The Kier molecular flexibility index (Phi) is 4.40. The maximum atomic E-state index is 12.0. The minimum absolute atomic E-state index is 0.00454. The molecule has 0 unspecified atom stereocenters. The van der Waals surface area contributed by atoms with Crippen LogP contribution in [0.4, 0.5) is 5.82 Å². The average molecular weight is 357 g/mol. The fourth-order valence-corrected chi connectivity index (χ4v) is 2.66. The molecule has 2 heterocycles. The topological polar surface area (TPSA) is 157 Å². The maximum Gasteiger partial charge on any atom is 0.335 e. The Bertz CT molecular complexity index is 1200. The van der Waals surface area contributed by atoms with Crippen LogP contribution in [0.2, 0.25) is 0 Å². The number of nitrogen functional groups attached to an aromatic ring is 1. The third-order valence-electron chi connectivity index (χ3n) is 3.94. The van der Waals surface area contributed by atoms with Crippen molar-refractivity contribution in [1.29, 1.82) is 10.5 Å². The number of nitrogens with zero attached hydrogens (tertiary/aromatic N) is 3. The lowest BCUT2D eigenvalue weighted by atomic mass is 9.95. The quantitative estimate of drug-likeness (QED) is 0.648. The molecule has 0 spiro atoms. The molecule has 3 rings (SSSR count). The normalized spacial score (nSPS) is 10.0. The lowest BCUT2D eigenvalue weighted by Gasteiger charge is -2.09. The lowest BCUT2D eigenvalue weighted by Crippen LogP contribution is -2.16. The van der Waals surface area contributed by atoms with Gasteiger partial charge in [-0.05, 0) is 17.7 Å². The largest absolute Gasteiger partial charge is 0.478 e. The van der Waals surface area contributed by atoms with E-state index in [0.29, 0.717) is 16.8 Å². The number of nitriles is 2. The molecular formula is C19H11N5O3. The van der Waals surface area contributed by atoms with Gasteiger partial charge in [0.2, 0.25) is 0 Å². The first-order valence-electron chi connectivity index (χ1n) is 7.62. The molecule has 4 N–H and O–H groups in total. The Morgan fingerprint density at radius 2 is 1.70 bits per heavy atom. The summed E-state index contributed by atoms with van der Waals surface area (Å²) in [6.45, 7) is 0. The third-order valence-corrected chi connectivity index (χ3v) is 3.94. The maximum absolute atomic E-state index is 12.0. The first-order valence-corrected chi connectivity index (χ1v) is 7.62. The number of aromatic carboxylic acids is 1. The van der Waals surface area contributed by atoms with Crippen molar-refractivity contribution in [3.63, 3.8) is 0 Å². The monoisotopic (exact) mass is 357 g/mol. The van der Waals surface area contributed by atoms with Gasteiger partial charge in [-0.2, -0.15) is 10.5 Å². The van der Waals surface area contributed by atoms with Crippen LogP contribution in [0, 0.1) is 22.7 Å². The van der Waals surface area contributed by atoms with E-state index in [-0.39, 0.29) is 28.1 Å². The summed E-state index contributed by atoms with van der Waals surface area (Å²) < 4.78 is 0. The molecule has 0 radical (unpaired) electrons. The molecule has 8 heteroatoms. The summed E-state index contributed by atoms with van der Waals surface area (Å²) in [4.78, 5) is 29.5. The highest BCUT2D eigenvalue weighted by molar-refractivity contribution is 5.89. The van der Waals surface area contributed by atoms with Crippen molar-refractivity contribution in [2.24, 2.45) is 0 Å². The summed E-state index contributed by atoms with van der Waals surface area (Å²) in [5, 5.41) is 27.7. The van der Waals surface area contributed by atoms with E-state index in [1.165, 1.54) is 18.3 Å². The molecule has 8 nitrogen and oxygen atoms in total. The van der Waals surface area contributed by atoms with E-state index in [2.05, 4.69) is 9.97 Å². The number of benzene rings is 1. The molecule has 0 aliphatic rings. The van der Waals surface area contributed by atoms with Gasteiger partial charge in [-0.3, -0.25) is 9.78 Å². The van der Waals surface area contributed by atoms with E-state index in [9.17, 15) is 20.1 Å². The van der Waals surface area contributed by atoms with E-state index >= 15 is 0 Å². The summed E-state index contributed by atoms with van der Waals surface area (Å²) in [5.41, 5.74) is 6.62. The predicted molar refractivity (Wildman–Crippen MR) is 96.5 cm³/mol. The molecule has 0 aliphatic carbocycles. The highest BCUT2D eigenvalue weighted by Gasteiger charge is 2.18. The second-order valence-electron chi connectivity index (χ2n) is 5.53. The molecule has 3 aromatic rings. The van der Waals surface area contributed by atoms with Gasteiger partial charge < -0.3 is 15.8 Å². The number of aromatic nitrogens is 2. The first kappa shape index (κ1) is 17.4. The number of hydrogen-bond acceptors (Lipinski definition) is 6. The number of aromatic amines is 1. The Morgan fingerprint density at radius 1 is 1.07 bits per heavy atom. The van der Waals surface area contributed by atoms with Crippen molar-refractivity contribution >= 4 is 11.8 Å². The first-order chi connectivity index (χ1) is 13.0. The van der Waals surface area contributed by atoms with E-state index in [4.69, 9.17) is 10.8 Å². The molecule has 0 amide bonds. The Hall–Kier alpha value is -4.43. The number of nitrogens with two attached hydrogens (primary N) is 1. The molecule has 2 aromatic heterocycles. The zero-order chi connectivity index (χ0) is 19.6. The van der Waals surface area contributed by atoms with Gasteiger partial charge in [-0.15, -0.1) is 0 Å². The summed E-state index contributed by atoms with van der Waals surface area (Å²) in [5.74, 6) is -1.18. The number of carboxylic acids is 1. The van der Waals surface area contributed by atoms with Gasteiger partial charge in [0.05, 0.1) is 11.3 Å². The molecule has 130 valence electrons. The van der Waals surface area contributed by atoms with Crippen molar-refractivity contribution in [3.8, 4) is 34.5 Å². The van der Waals surface area contributed by atoms with E-state index in [0.717, 1.165) is 0 Å². The van der Waals surface area contributed by atoms with Crippen LogP contribution in [0.5, 0.6) is 0 Å². The molecule has 0 saturated heterocycles. The van der Waals surface area contributed by atoms with Gasteiger partial charge in [-0.1, -0.05) is 24.3 Å². The van der Waals surface area contributed by atoms with Crippen molar-refractivity contribution in [3.05, 3.63) is 69.6 Å². The predicted octanol–water partition coefficient (Wildman–Crippen LogP) is 2.13. The highest BCUT2D eigenvalue weighted by Crippen LogP contribution is 2.29. The third kappa shape index (κ3) is 3.11. The summed E-state index contributed by atoms with van der Waals surface area (Å²) in [6.07, 6.45) is 1.39. The summed E-state index contributed by atoms with van der Waals surface area (Å²) in [7, 11) is 0. The van der Waals surface area contributed by atoms with E-state index in [1.54, 1.807) is 30.3 Å². The SMILES string of the molecule is N#Cc1c(N)[nH]c(=O)c(C#N)c1-c1ccc(-c2cc(C(=O)O)ccn2)cc1. The Balaban J connectivity index is 2.14. The molecule has 0 atom stereocenters.